The first-order valence-corrected chi connectivity index (χ1v) is 8.46. The molecule has 0 bridgehead atoms. The van der Waals surface area contributed by atoms with Gasteiger partial charge in [-0.15, -0.1) is 0 Å². The minimum atomic E-state index is -0.557. The Morgan fingerprint density at radius 3 is 2.34 bits per heavy atom. The van der Waals surface area contributed by atoms with Crippen molar-refractivity contribution < 1.29 is 19.4 Å². The van der Waals surface area contributed by atoms with Crippen molar-refractivity contribution in [2.24, 2.45) is 5.10 Å². The predicted octanol–water partition coefficient (Wildman–Crippen LogP) is 2.16. The second-order valence-corrected chi connectivity index (χ2v) is 5.77. The van der Waals surface area contributed by atoms with Gasteiger partial charge in [0, 0.05) is 36.7 Å². The third-order valence-corrected chi connectivity index (χ3v) is 3.73. The molecule has 2 N–H and O–H groups in total. The summed E-state index contributed by atoms with van der Waals surface area (Å²) in [6, 6.07) is 11.1. The van der Waals surface area contributed by atoms with Gasteiger partial charge in [0.15, 0.2) is 0 Å². The van der Waals surface area contributed by atoms with Crippen molar-refractivity contribution in [3.05, 3.63) is 79.9 Å². The van der Waals surface area contributed by atoms with Gasteiger partial charge in [0.25, 0.3) is 17.3 Å². The van der Waals surface area contributed by atoms with Crippen LogP contribution in [0.1, 0.15) is 28.8 Å². The van der Waals surface area contributed by atoms with E-state index in [0.717, 1.165) is 0 Å². The van der Waals surface area contributed by atoms with Gasteiger partial charge in [-0.1, -0.05) is 12.1 Å². The lowest BCUT2D eigenvalue weighted by atomic mass is 10.2. The second kappa shape index (κ2) is 10.3. The fourth-order valence-electron chi connectivity index (χ4n) is 2.28. The van der Waals surface area contributed by atoms with E-state index in [4.69, 9.17) is 0 Å². The van der Waals surface area contributed by atoms with Crippen LogP contribution in [0.4, 0.5) is 11.4 Å². The molecule has 0 aliphatic heterocycles. The highest BCUT2D eigenvalue weighted by Crippen LogP contribution is 2.15. The number of hydrogen-bond donors (Lipinski definition) is 2. The number of hydrazone groups is 1. The molecule has 11 heteroatoms. The molecule has 0 unspecified atom stereocenters. The van der Waals surface area contributed by atoms with Crippen molar-refractivity contribution in [2.75, 3.05) is 6.54 Å². The highest BCUT2D eigenvalue weighted by molar-refractivity contribution is 5.94. The molecule has 2 amide bonds. The molecule has 0 fully saturated rings. The first kappa shape index (κ1) is 21.2. The van der Waals surface area contributed by atoms with Gasteiger partial charge < -0.3 is 5.32 Å². The summed E-state index contributed by atoms with van der Waals surface area (Å²) in [6.45, 7) is 0.219. The molecule has 0 aromatic heterocycles. The molecule has 150 valence electrons. The quantitative estimate of drug-likeness (QED) is 0.285. The van der Waals surface area contributed by atoms with Crippen LogP contribution in [0.15, 0.2) is 53.6 Å². The zero-order chi connectivity index (χ0) is 21.2. The second-order valence-electron chi connectivity index (χ2n) is 5.77. The van der Waals surface area contributed by atoms with Crippen molar-refractivity contribution in [1.29, 1.82) is 0 Å². The van der Waals surface area contributed by atoms with E-state index in [-0.39, 0.29) is 35.5 Å². The van der Waals surface area contributed by atoms with Crippen LogP contribution < -0.4 is 10.7 Å². The number of benzene rings is 2. The fourth-order valence-corrected chi connectivity index (χ4v) is 2.28. The SMILES string of the molecule is O=C(CCCNC(=O)c1ccc([N+](=O)[O-])cc1)N/N=C/c1ccccc1[N+](=O)[O-]. The molecule has 2 rings (SSSR count). The Labute approximate surface area is 164 Å². The average molecular weight is 399 g/mol. The minimum Gasteiger partial charge on any atom is -0.352 e. The van der Waals surface area contributed by atoms with Crippen LogP contribution in [-0.4, -0.2) is 34.4 Å². The molecule has 2 aromatic carbocycles. The van der Waals surface area contributed by atoms with E-state index in [1.165, 1.54) is 48.7 Å². The molecule has 29 heavy (non-hydrogen) atoms. The number of nitrogens with one attached hydrogen (secondary N) is 2. The Bertz CT molecular complexity index is 942. The lowest BCUT2D eigenvalue weighted by Crippen LogP contribution is -2.26. The van der Waals surface area contributed by atoms with Crippen LogP contribution in [0, 0.1) is 20.2 Å². The first-order valence-electron chi connectivity index (χ1n) is 8.46. The van der Waals surface area contributed by atoms with Crippen LogP contribution in [0.3, 0.4) is 0 Å². The summed E-state index contributed by atoms with van der Waals surface area (Å²) in [4.78, 5) is 44.0. The van der Waals surface area contributed by atoms with E-state index in [1.54, 1.807) is 6.07 Å². The lowest BCUT2D eigenvalue weighted by molar-refractivity contribution is -0.385. The molecule has 2 aromatic rings. The Morgan fingerprint density at radius 2 is 1.69 bits per heavy atom. The number of hydrogen-bond acceptors (Lipinski definition) is 7. The molecule has 0 aliphatic rings. The van der Waals surface area contributed by atoms with E-state index >= 15 is 0 Å². The van der Waals surface area contributed by atoms with E-state index in [9.17, 15) is 29.8 Å². The third kappa shape index (κ3) is 6.50. The van der Waals surface area contributed by atoms with Crippen molar-refractivity contribution in [3.8, 4) is 0 Å². The van der Waals surface area contributed by atoms with Crippen molar-refractivity contribution in [1.82, 2.24) is 10.7 Å². The van der Waals surface area contributed by atoms with Crippen molar-refractivity contribution in [2.45, 2.75) is 12.8 Å². The van der Waals surface area contributed by atoms with Gasteiger partial charge in [0.1, 0.15) is 0 Å². The van der Waals surface area contributed by atoms with Crippen molar-refractivity contribution >= 4 is 29.4 Å². The third-order valence-electron chi connectivity index (χ3n) is 3.73. The normalized spacial score (nSPS) is 10.5. The maximum Gasteiger partial charge on any atom is 0.278 e. The highest BCUT2D eigenvalue weighted by Gasteiger charge is 2.11. The Hall–Kier alpha value is -4.15. The zero-order valence-corrected chi connectivity index (χ0v) is 15.1. The first-order chi connectivity index (χ1) is 13.9. The highest BCUT2D eigenvalue weighted by atomic mass is 16.6. The maximum atomic E-state index is 11.9. The summed E-state index contributed by atoms with van der Waals surface area (Å²) in [7, 11) is 0. The largest absolute Gasteiger partial charge is 0.352 e. The van der Waals surface area contributed by atoms with Gasteiger partial charge in [0.2, 0.25) is 5.91 Å². The van der Waals surface area contributed by atoms with Gasteiger partial charge in [-0.05, 0) is 24.6 Å². The van der Waals surface area contributed by atoms with E-state index < -0.39 is 21.7 Å². The Kier molecular flexibility index (Phi) is 7.48. The summed E-state index contributed by atoms with van der Waals surface area (Å²) < 4.78 is 0. The van der Waals surface area contributed by atoms with Gasteiger partial charge in [-0.25, -0.2) is 5.43 Å². The van der Waals surface area contributed by atoms with Crippen molar-refractivity contribution in [3.63, 3.8) is 0 Å². The van der Waals surface area contributed by atoms with E-state index in [0.29, 0.717) is 6.42 Å². The Balaban J connectivity index is 1.72. The molecule has 0 spiro atoms. The van der Waals surface area contributed by atoms with Crippen LogP contribution in [0.5, 0.6) is 0 Å². The maximum absolute atomic E-state index is 11.9. The molecular weight excluding hydrogens is 382 g/mol. The molecule has 0 atom stereocenters. The smallest absolute Gasteiger partial charge is 0.278 e. The molecular formula is C18H17N5O6. The van der Waals surface area contributed by atoms with Crippen LogP contribution in [0.2, 0.25) is 0 Å². The number of nitro benzene ring substituents is 2. The average Bonchev–Trinajstić information content (AvgIpc) is 2.71. The number of carbonyl (C=O) groups excluding carboxylic acids is 2. The fraction of sp³-hybridized carbons (Fsp3) is 0.167. The number of nitro groups is 2. The molecule has 0 radical (unpaired) electrons. The summed E-state index contributed by atoms with van der Waals surface area (Å²) in [5.74, 6) is -0.820. The zero-order valence-electron chi connectivity index (χ0n) is 15.1. The number of non-ortho nitro benzene ring substituents is 1. The topological polar surface area (TPSA) is 157 Å². The summed E-state index contributed by atoms with van der Waals surface area (Å²) in [6.07, 6.45) is 1.60. The standard InChI is InChI=1S/C18H17N5O6/c24-17(21-20-12-14-4-1-2-5-16(14)23(28)29)6-3-11-19-18(25)13-7-9-15(10-8-13)22(26)27/h1-2,4-5,7-10,12H,3,6,11H2,(H,19,25)(H,21,24)/b20-12+. The molecule has 0 aliphatic carbocycles. The monoisotopic (exact) mass is 399 g/mol. The van der Waals surface area contributed by atoms with Crippen LogP contribution >= 0.6 is 0 Å². The van der Waals surface area contributed by atoms with Crippen LogP contribution in [0.25, 0.3) is 0 Å². The lowest BCUT2D eigenvalue weighted by Gasteiger charge is -2.05. The minimum absolute atomic E-state index is 0.0781. The number of rotatable bonds is 9. The molecule has 0 saturated heterocycles. The Morgan fingerprint density at radius 1 is 1.00 bits per heavy atom. The number of nitrogens with zero attached hydrogens (tertiary/aromatic N) is 3. The molecule has 11 nitrogen and oxygen atoms in total. The summed E-state index contributed by atoms with van der Waals surface area (Å²) in [5.41, 5.74) is 2.56. The van der Waals surface area contributed by atoms with Crippen LogP contribution in [-0.2, 0) is 4.79 Å². The number of amides is 2. The summed E-state index contributed by atoms with van der Waals surface area (Å²) >= 11 is 0. The van der Waals surface area contributed by atoms with Gasteiger partial charge in [-0.3, -0.25) is 29.8 Å². The van der Waals surface area contributed by atoms with Gasteiger partial charge >= 0.3 is 0 Å². The van der Waals surface area contributed by atoms with Gasteiger partial charge in [-0.2, -0.15) is 5.10 Å². The van der Waals surface area contributed by atoms with Gasteiger partial charge in [0.05, 0.1) is 21.6 Å². The number of carbonyl (C=O) groups is 2. The number of para-hydroxylation sites is 1. The molecule has 0 heterocycles. The van der Waals surface area contributed by atoms with E-state index in [2.05, 4.69) is 15.8 Å². The molecule has 0 saturated carbocycles. The summed E-state index contributed by atoms with van der Waals surface area (Å²) in [5, 5.41) is 27.8. The van der Waals surface area contributed by atoms with E-state index in [1.807, 2.05) is 0 Å². The predicted molar refractivity (Wildman–Crippen MR) is 103 cm³/mol.